The molecule has 0 aromatic heterocycles. The Morgan fingerprint density at radius 2 is 1.62 bits per heavy atom. The van der Waals surface area contributed by atoms with Crippen LogP contribution < -0.4 is 0 Å². The van der Waals surface area contributed by atoms with Crippen molar-refractivity contribution in [3.8, 4) is 11.1 Å². The van der Waals surface area contributed by atoms with Gasteiger partial charge in [-0.05, 0) is 42.2 Å². The average Bonchev–Trinajstić information content (AvgIpc) is 2.47. The van der Waals surface area contributed by atoms with Crippen molar-refractivity contribution >= 4 is 11.5 Å². The summed E-state index contributed by atoms with van der Waals surface area (Å²) in [7, 11) is 0. The van der Waals surface area contributed by atoms with Crippen LogP contribution in [0.3, 0.4) is 0 Å². The summed E-state index contributed by atoms with van der Waals surface area (Å²) in [4.78, 5) is 11.0. The average molecular weight is 280 g/mol. The van der Waals surface area contributed by atoms with Crippen molar-refractivity contribution in [3.63, 3.8) is 0 Å². The van der Waals surface area contributed by atoms with E-state index >= 15 is 0 Å². The third-order valence-electron chi connectivity index (χ3n) is 3.27. The van der Waals surface area contributed by atoms with Gasteiger partial charge in [-0.25, -0.2) is 0 Å². The molecule has 0 spiro atoms. The molecule has 0 aliphatic heterocycles. The van der Waals surface area contributed by atoms with Crippen LogP contribution in [0.1, 0.15) is 26.3 Å². The van der Waals surface area contributed by atoms with Gasteiger partial charge in [0.05, 0.1) is 0 Å². The molecule has 0 bridgehead atoms. The molecule has 0 N–H and O–H groups in total. The summed E-state index contributed by atoms with van der Waals surface area (Å²) in [6.07, 6.45) is 1.75. The molecule has 2 aromatic rings. The van der Waals surface area contributed by atoms with E-state index in [1.807, 2.05) is 50.3 Å². The van der Waals surface area contributed by atoms with Crippen LogP contribution in [-0.2, 0) is 9.53 Å². The zero-order chi connectivity index (χ0) is 15.2. The fraction of sp³-hybridized carbons (Fsp3) is 0.211. The number of esters is 1. The minimum absolute atomic E-state index is 0.230. The van der Waals surface area contributed by atoms with Crippen LogP contribution in [0.15, 0.2) is 60.7 Å². The van der Waals surface area contributed by atoms with Gasteiger partial charge < -0.3 is 4.74 Å². The lowest BCUT2D eigenvalue weighted by Gasteiger charge is -2.13. The standard InChI is InChI=1S/C19H20O2/c1-14(13-15(2)21-16(3)20)18-11-7-8-12-19(18)17-9-5-4-6-10-17/h4-13,15H,1-3H3. The van der Waals surface area contributed by atoms with Gasteiger partial charge in [-0.2, -0.15) is 0 Å². The van der Waals surface area contributed by atoms with Crippen LogP contribution in [0.25, 0.3) is 16.7 Å². The smallest absolute Gasteiger partial charge is 0.303 e. The predicted octanol–water partition coefficient (Wildman–Crippen LogP) is 4.71. The fourth-order valence-corrected chi connectivity index (χ4v) is 2.43. The Hall–Kier alpha value is -2.35. The second-order valence-corrected chi connectivity index (χ2v) is 5.08. The van der Waals surface area contributed by atoms with Crippen LogP contribution in [0.5, 0.6) is 0 Å². The number of hydrogen-bond donors (Lipinski definition) is 0. The first-order valence-corrected chi connectivity index (χ1v) is 7.08. The summed E-state index contributed by atoms with van der Waals surface area (Å²) in [5, 5.41) is 0. The lowest BCUT2D eigenvalue weighted by molar-refractivity contribution is -0.143. The molecule has 21 heavy (non-hydrogen) atoms. The molecule has 108 valence electrons. The molecule has 2 aromatic carbocycles. The largest absolute Gasteiger partial charge is 0.459 e. The van der Waals surface area contributed by atoms with Gasteiger partial charge in [-0.1, -0.05) is 54.6 Å². The zero-order valence-corrected chi connectivity index (χ0v) is 12.7. The monoisotopic (exact) mass is 280 g/mol. The molecule has 0 aliphatic carbocycles. The summed E-state index contributed by atoms with van der Waals surface area (Å²) in [5.74, 6) is -0.261. The van der Waals surface area contributed by atoms with E-state index in [-0.39, 0.29) is 12.1 Å². The highest BCUT2D eigenvalue weighted by Crippen LogP contribution is 2.28. The van der Waals surface area contributed by atoms with Crippen LogP contribution in [0.2, 0.25) is 0 Å². The van der Waals surface area contributed by atoms with Gasteiger partial charge in [0.15, 0.2) is 0 Å². The first-order valence-electron chi connectivity index (χ1n) is 7.08. The number of ether oxygens (including phenoxy) is 1. The first kappa shape index (κ1) is 15.0. The molecule has 1 unspecified atom stereocenters. The number of benzene rings is 2. The van der Waals surface area contributed by atoms with Crippen LogP contribution >= 0.6 is 0 Å². The lowest BCUT2D eigenvalue weighted by atomic mass is 9.94. The van der Waals surface area contributed by atoms with Crippen molar-refractivity contribution in [2.45, 2.75) is 26.9 Å². The first-order chi connectivity index (χ1) is 10.1. The summed E-state index contributed by atoms with van der Waals surface area (Å²) < 4.78 is 5.17. The molecule has 0 saturated carbocycles. The topological polar surface area (TPSA) is 26.3 Å². The lowest BCUT2D eigenvalue weighted by Crippen LogP contribution is -2.09. The molecule has 1 atom stereocenters. The Kier molecular flexibility index (Phi) is 4.94. The number of rotatable bonds is 4. The number of allylic oxidation sites excluding steroid dienone is 1. The summed E-state index contributed by atoms with van der Waals surface area (Å²) in [5.41, 5.74) is 4.62. The van der Waals surface area contributed by atoms with Gasteiger partial charge in [-0.3, -0.25) is 4.79 Å². The van der Waals surface area contributed by atoms with Crippen molar-refractivity contribution in [3.05, 3.63) is 66.2 Å². The third kappa shape index (κ3) is 4.06. The predicted molar refractivity (Wildman–Crippen MR) is 86.8 cm³/mol. The summed E-state index contributed by atoms with van der Waals surface area (Å²) in [6, 6.07) is 18.5. The number of carbonyl (C=O) groups is 1. The van der Waals surface area contributed by atoms with E-state index in [2.05, 4.69) is 24.3 Å². The maximum atomic E-state index is 11.0. The number of carbonyl (C=O) groups excluding carboxylic acids is 1. The molecule has 0 fully saturated rings. The minimum atomic E-state index is -0.261. The molecule has 0 heterocycles. The second kappa shape index (κ2) is 6.89. The summed E-state index contributed by atoms with van der Waals surface area (Å²) >= 11 is 0. The van der Waals surface area contributed by atoms with Gasteiger partial charge in [0.1, 0.15) is 6.10 Å². The van der Waals surface area contributed by atoms with Crippen LogP contribution in [-0.4, -0.2) is 12.1 Å². The van der Waals surface area contributed by atoms with E-state index in [9.17, 15) is 4.79 Å². The Morgan fingerprint density at radius 1 is 1.00 bits per heavy atom. The van der Waals surface area contributed by atoms with Crippen molar-refractivity contribution < 1.29 is 9.53 Å². The quantitative estimate of drug-likeness (QED) is 0.758. The normalized spacial score (nSPS) is 12.8. The Morgan fingerprint density at radius 3 is 2.29 bits per heavy atom. The Bertz CT molecular complexity index is 642. The maximum Gasteiger partial charge on any atom is 0.303 e. The highest BCUT2D eigenvalue weighted by atomic mass is 16.5. The maximum absolute atomic E-state index is 11.0. The molecule has 0 radical (unpaired) electrons. The van der Waals surface area contributed by atoms with Crippen molar-refractivity contribution in [1.29, 1.82) is 0 Å². The van der Waals surface area contributed by atoms with E-state index in [1.165, 1.54) is 18.1 Å². The van der Waals surface area contributed by atoms with Crippen molar-refractivity contribution in [2.75, 3.05) is 0 Å². The minimum Gasteiger partial charge on any atom is -0.459 e. The van der Waals surface area contributed by atoms with E-state index in [0.29, 0.717) is 0 Å². The van der Waals surface area contributed by atoms with Crippen molar-refractivity contribution in [2.24, 2.45) is 0 Å². The zero-order valence-electron chi connectivity index (χ0n) is 12.7. The SMILES string of the molecule is CC(=O)OC(C)C=C(C)c1ccccc1-c1ccccc1. The fourth-order valence-electron chi connectivity index (χ4n) is 2.43. The van der Waals surface area contributed by atoms with E-state index in [0.717, 1.165) is 11.1 Å². The van der Waals surface area contributed by atoms with Crippen molar-refractivity contribution in [1.82, 2.24) is 0 Å². The molecule has 2 heteroatoms. The van der Waals surface area contributed by atoms with Gasteiger partial charge in [0, 0.05) is 6.92 Å². The van der Waals surface area contributed by atoms with Gasteiger partial charge >= 0.3 is 5.97 Å². The molecular formula is C19H20O2. The highest BCUT2D eigenvalue weighted by Gasteiger charge is 2.08. The molecular weight excluding hydrogens is 260 g/mol. The van der Waals surface area contributed by atoms with E-state index < -0.39 is 0 Å². The molecule has 0 amide bonds. The van der Waals surface area contributed by atoms with E-state index in [4.69, 9.17) is 4.74 Å². The second-order valence-electron chi connectivity index (χ2n) is 5.08. The molecule has 2 nitrogen and oxygen atoms in total. The van der Waals surface area contributed by atoms with Crippen LogP contribution in [0, 0.1) is 0 Å². The van der Waals surface area contributed by atoms with Crippen LogP contribution in [0.4, 0.5) is 0 Å². The molecule has 0 saturated heterocycles. The highest BCUT2D eigenvalue weighted by molar-refractivity contribution is 5.80. The Labute approximate surface area is 126 Å². The number of hydrogen-bond acceptors (Lipinski definition) is 2. The summed E-state index contributed by atoms with van der Waals surface area (Å²) in [6.45, 7) is 5.34. The van der Waals surface area contributed by atoms with E-state index in [1.54, 1.807) is 0 Å². The van der Waals surface area contributed by atoms with Gasteiger partial charge in [0.2, 0.25) is 0 Å². The molecule has 0 aliphatic rings. The molecule has 2 rings (SSSR count). The Balaban J connectivity index is 2.36. The third-order valence-corrected chi connectivity index (χ3v) is 3.27. The van der Waals surface area contributed by atoms with Gasteiger partial charge in [0.25, 0.3) is 0 Å². The van der Waals surface area contributed by atoms with Gasteiger partial charge in [-0.15, -0.1) is 0 Å².